The lowest BCUT2D eigenvalue weighted by Gasteiger charge is -2.28. The Morgan fingerprint density at radius 2 is 1.88 bits per heavy atom. The maximum absolute atomic E-state index is 12.7. The molecule has 1 amide bonds. The number of carbonyl (C=O) groups is 1. The van der Waals surface area contributed by atoms with Gasteiger partial charge in [0.05, 0.1) is 6.04 Å². The average Bonchev–Trinajstić information content (AvgIpc) is 3.52. The van der Waals surface area contributed by atoms with Gasteiger partial charge >= 0.3 is 0 Å². The summed E-state index contributed by atoms with van der Waals surface area (Å²) in [7, 11) is 0. The number of aromatic hydroxyl groups is 1. The van der Waals surface area contributed by atoms with Crippen molar-refractivity contribution in [2.24, 2.45) is 0 Å². The van der Waals surface area contributed by atoms with Crippen LogP contribution in [0.4, 0.5) is 5.69 Å². The monoisotopic (exact) mass is 438 g/mol. The van der Waals surface area contributed by atoms with Crippen LogP contribution >= 0.6 is 0 Å². The van der Waals surface area contributed by atoms with E-state index in [-0.39, 0.29) is 35.7 Å². The first-order chi connectivity index (χ1) is 16.1. The molecule has 6 heteroatoms. The van der Waals surface area contributed by atoms with Crippen LogP contribution in [0.1, 0.15) is 52.0 Å². The van der Waals surface area contributed by atoms with Gasteiger partial charge in [-0.3, -0.25) is 4.79 Å². The fourth-order valence-corrected chi connectivity index (χ4v) is 5.37. The van der Waals surface area contributed by atoms with Gasteiger partial charge in [0.2, 0.25) is 0 Å². The SMILES string of the molecule is CC(NCC1Nc2ccccc2C1C1NC(=O)c2ccc(O)cc21)c1ccc2cc[nH]c2c1. The van der Waals surface area contributed by atoms with Gasteiger partial charge in [0.25, 0.3) is 5.91 Å². The molecular weight excluding hydrogens is 412 g/mol. The van der Waals surface area contributed by atoms with E-state index < -0.39 is 0 Å². The summed E-state index contributed by atoms with van der Waals surface area (Å²) in [6.45, 7) is 2.90. The minimum atomic E-state index is -0.201. The van der Waals surface area contributed by atoms with Crippen molar-refractivity contribution in [3.63, 3.8) is 0 Å². The van der Waals surface area contributed by atoms with Crippen molar-refractivity contribution in [3.8, 4) is 5.75 Å². The number of H-pyrrole nitrogens is 1. The summed E-state index contributed by atoms with van der Waals surface area (Å²) in [6, 6.07) is 21.9. The first-order valence-electron chi connectivity index (χ1n) is 11.4. The number of anilines is 1. The molecule has 0 saturated carbocycles. The third-order valence-electron chi connectivity index (χ3n) is 7.08. The van der Waals surface area contributed by atoms with Crippen LogP contribution in [-0.4, -0.2) is 28.6 Å². The predicted molar refractivity (Wildman–Crippen MR) is 130 cm³/mol. The van der Waals surface area contributed by atoms with Crippen molar-refractivity contribution < 1.29 is 9.90 Å². The van der Waals surface area contributed by atoms with Crippen LogP contribution in [-0.2, 0) is 0 Å². The lowest BCUT2D eigenvalue weighted by molar-refractivity contribution is 0.0951. The number of fused-ring (bicyclic) bond motifs is 3. The van der Waals surface area contributed by atoms with Crippen molar-refractivity contribution in [2.45, 2.75) is 31.0 Å². The maximum Gasteiger partial charge on any atom is 0.252 e. The van der Waals surface area contributed by atoms with E-state index in [1.807, 2.05) is 18.3 Å². The highest BCUT2D eigenvalue weighted by atomic mass is 16.3. The Labute approximate surface area is 192 Å². The molecule has 33 heavy (non-hydrogen) atoms. The highest BCUT2D eigenvalue weighted by Crippen LogP contribution is 2.46. The lowest BCUT2D eigenvalue weighted by Crippen LogP contribution is -2.39. The van der Waals surface area contributed by atoms with Gasteiger partial charge in [0.15, 0.2) is 0 Å². The van der Waals surface area contributed by atoms with E-state index >= 15 is 0 Å². The second kappa shape index (κ2) is 7.67. The Hall–Kier alpha value is -3.77. The summed E-state index contributed by atoms with van der Waals surface area (Å²) in [4.78, 5) is 16.0. The second-order valence-electron chi connectivity index (χ2n) is 9.04. The van der Waals surface area contributed by atoms with E-state index in [9.17, 15) is 9.90 Å². The molecule has 6 rings (SSSR count). The van der Waals surface area contributed by atoms with E-state index in [1.54, 1.807) is 18.2 Å². The van der Waals surface area contributed by atoms with Gasteiger partial charge in [-0.2, -0.15) is 0 Å². The number of carbonyl (C=O) groups excluding carboxylic acids is 1. The number of phenolic OH excluding ortho intramolecular Hbond substituents is 1. The average molecular weight is 439 g/mol. The summed E-state index contributed by atoms with van der Waals surface area (Å²) in [5, 5.41) is 21.8. The van der Waals surface area contributed by atoms with Gasteiger partial charge in [0.1, 0.15) is 5.75 Å². The molecule has 0 bridgehead atoms. The van der Waals surface area contributed by atoms with Crippen LogP contribution in [0.3, 0.4) is 0 Å². The summed E-state index contributed by atoms with van der Waals surface area (Å²) in [6.07, 6.45) is 1.96. The van der Waals surface area contributed by atoms with Crippen LogP contribution in [0.2, 0.25) is 0 Å². The summed E-state index contributed by atoms with van der Waals surface area (Å²) in [5.41, 5.74) is 6.14. The molecule has 166 valence electrons. The molecule has 6 nitrogen and oxygen atoms in total. The smallest absolute Gasteiger partial charge is 0.252 e. The molecule has 3 heterocycles. The fourth-order valence-electron chi connectivity index (χ4n) is 5.37. The standard InChI is InChI=1S/C27H26N4O2/c1-15(17-7-6-16-10-11-28-23(16)12-17)29-14-24-25(20-4-2-3-5-22(20)30-24)26-21-13-18(32)8-9-19(21)27(33)31-26/h2-13,15,24-26,28-30,32H,14H2,1H3,(H,31,33). The Bertz CT molecular complexity index is 1360. The number of rotatable bonds is 5. The normalized spacial score (nSPS) is 22.0. The van der Waals surface area contributed by atoms with Gasteiger partial charge in [0, 0.05) is 47.5 Å². The molecule has 0 saturated heterocycles. The van der Waals surface area contributed by atoms with Crippen LogP contribution < -0.4 is 16.0 Å². The molecule has 3 aromatic carbocycles. The van der Waals surface area contributed by atoms with E-state index in [2.05, 4.69) is 64.3 Å². The highest BCUT2D eigenvalue weighted by Gasteiger charge is 2.43. The number of aromatic nitrogens is 1. The number of para-hydroxylation sites is 1. The highest BCUT2D eigenvalue weighted by molar-refractivity contribution is 5.99. The topological polar surface area (TPSA) is 89.2 Å². The Morgan fingerprint density at radius 1 is 1.00 bits per heavy atom. The molecule has 4 atom stereocenters. The van der Waals surface area contributed by atoms with Gasteiger partial charge in [-0.1, -0.05) is 30.3 Å². The molecule has 0 radical (unpaired) electrons. The van der Waals surface area contributed by atoms with Crippen molar-refractivity contribution in [3.05, 3.63) is 95.2 Å². The van der Waals surface area contributed by atoms with Crippen LogP contribution in [0, 0.1) is 0 Å². The minimum absolute atomic E-state index is 0.0405. The quantitative estimate of drug-likeness (QED) is 0.315. The molecule has 5 N–H and O–H groups in total. The zero-order chi connectivity index (χ0) is 22.5. The van der Waals surface area contributed by atoms with Gasteiger partial charge in [-0.05, 0) is 65.4 Å². The third-order valence-corrected chi connectivity index (χ3v) is 7.08. The number of nitrogens with one attached hydrogen (secondary N) is 4. The Morgan fingerprint density at radius 3 is 2.79 bits per heavy atom. The van der Waals surface area contributed by atoms with Crippen molar-refractivity contribution in [1.82, 2.24) is 15.6 Å². The number of amides is 1. The third kappa shape index (κ3) is 3.34. The molecule has 4 aromatic rings. The van der Waals surface area contributed by atoms with E-state index in [1.165, 1.54) is 16.5 Å². The van der Waals surface area contributed by atoms with Gasteiger partial charge < -0.3 is 26.0 Å². The summed E-state index contributed by atoms with van der Waals surface area (Å²) >= 11 is 0. The Kier molecular flexibility index (Phi) is 4.62. The number of hydrogen-bond donors (Lipinski definition) is 5. The largest absolute Gasteiger partial charge is 0.508 e. The zero-order valence-corrected chi connectivity index (χ0v) is 18.3. The number of hydrogen-bond acceptors (Lipinski definition) is 4. The summed E-state index contributed by atoms with van der Waals surface area (Å²) < 4.78 is 0. The fraction of sp³-hybridized carbons (Fsp3) is 0.222. The van der Waals surface area contributed by atoms with Crippen molar-refractivity contribution in [2.75, 3.05) is 11.9 Å². The molecule has 1 aromatic heterocycles. The lowest BCUT2D eigenvalue weighted by atomic mass is 9.84. The Balaban J connectivity index is 1.28. The predicted octanol–water partition coefficient (Wildman–Crippen LogP) is 4.59. The zero-order valence-electron chi connectivity index (χ0n) is 18.3. The van der Waals surface area contributed by atoms with E-state index in [0.717, 1.165) is 23.3 Å². The van der Waals surface area contributed by atoms with Crippen molar-refractivity contribution >= 4 is 22.5 Å². The number of benzene rings is 3. The first kappa shape index (κ1) is 19.9. The molecule has 0 fully saturated rings. The van der Waals surface area contributed by atoms with E-state index in [4.69, 9.17) is 0 Å². The van der Waals surface area contributed by atoms with Gasteiger partial charge in [-0.25, -0.2) is 0 Å². The summed E-state index contributed by atoms with van der Waals surface area (Å²) in [5.74, 6) is 0.134. The molecule has 4 unspecified atom stereocenters. The number of phenols is 1. The van der Waals surface area contributed by atoms with Crippen LogP contribution in [0.5, 0.6) is 5.75 Å². The molecule has 0 aliphatic carbocycles. The van der Waals surface area contributed by atoms with Crippen LogP contribution in [0.15, 0.2) is 72.9 Å². The minimum Gasteiger partial charge on any atom is -0.508 e. The van der Waals surface area contributed by atoms with Crippen molar-refractivity contribution in [1.29, 1.82) is 0 Å². The molecule has 2 aliphatic rings. The molecule has 0 spiro atoms. The first-order valence-corrected chi connectivity index (χ1v) is 11.4. The van der Waals surface area contributed by atoms with Gasteiger partial charge in [-0.15, -0.1) is 0 Å². The van der Waals surface area contributed by atoms with E-state index in [0.29, 0.717) is 5.56 Å². The maximum atomic E-state index is 12.7. The van der Waals surface area contributed by atoms with Crippen LogP contribution in [0.25, 0.3) is 10.9 Å². The second-order valence-corrected chi connectivity index (χ2v) is 9.04. The number of aromatic amines is 1. The molecule has 2 aliphatic heterocycles. The molecular formula is C27H26N4O2.